The van der Waals surface area contributed by atoms with Crippen LogP contribution in [0.2, 0.25) is 0 Å². The average molecular weight is 500 g/mol. The third kappa shape index (κ3) is 5.15. The summed E-state index contributed by atoms with van der Waals surface area (Å²) in [6.07, 6.45) is 3.45. The van der Waals surface area contributed by atoms with Gasteiger partial charge in [0.25, 0.3) is 0 Å². The Bertz CT molecular complexity index is 1500. The van der Waals surface area contributed by atoms with Gasteiger partial charge in [0, 0.05) is 23.6 Å². The van der Waals surface area contributed by atoms with E-state index in [2.05, 4.69) is 61.4 Å². The Balaban J connectivity index is 1.44. The van der Waals surface area contributed by atoms with E-state index in [0.29, 0.717) is 28.2 Å². The van der Waals surface area contributed by atoms with E-state index in [4.69, 9.17) is 5.73 Å². The van der Waals surface area contributed by atoms with Crippen molar-refractivity contribution in [2.45, 2.75) is 24.8 Å². The van der Waals surface area contributed by atoms with Gasteiger partial charge in [-0.3, -0.25) is 9.55 Å². The summed E-state index contributed by atoms with van der Waals surface area (Å²) in [4.78, 5) is 17.0. The van der Waals surface area contributed by atoms with Gasteiger partial charge in [0.1, 0.15) is 11.6 Å². The number of nitrogens with zero attached hydrogens (tertiary/aromatic N) is 7. The molecule has 180 valence electrons. The number of benzene rings is 2. The fraction of sp³-hybridized carbons (Fsp3) is 0.120. The Hall–Kier alpha value is -4.38. The van der Waals surface area contributed by atoms with Gasteiger partial charge in [0.2, 0.25) is 11.9 Å². The van der Waals surface area contributed by atoms with Crippen LogP contribution in [0.1, 0.15) is 17.0 Å². The van der Waals surface area contributed by atoms with E-state index in [-0.39, 0.29) is 17.7 Å². The topological polar surface area (TPSA) is 120 Å². The van der Waals surface area contributed by atoms with Crippen LogP contribution in [0, 0.1) is 19.7 Å². The van der Waals surface area contributed by atoms with Crippen molar-refractivity contribution in [1.82, 2.24) is 34.7 Å². The maximum absolute atomic E-state index is 13.2. The first-order valence-corrected chi connectivity index (χ1v) is 12.0. The number of hydrogen-bond donors (Lipinski definition) is 2. The summed E-state index contributed by atoms with van der Waals surface area (Å²) in [7, 11) is 0. The summed E-state index contributed by atoms with van der Waals surface area (Å²) in [6, 6.07) is 15.9. The zero-order valence-electron chi connectivity index (χ0n) is 19.6. The normalized spacial score (nSPS) is 11.0. The highest BCUT2D eigenvalue weighted by atomic mass is 32.2. The van der Waals surface area contributed by atoms with Crippen LogP contribution >= 0.6 is 11.8 Å². The van der Waals surface area contributed by atoms with Crippen LogP contribution in [-0.4, -0.2) is 34.7 Å². The van der Waals surface area contributed by atoms with E-state index in [1.165, 1.54) is 35.0 Å². The van der Waals surface area contributed by atoms with Crippen molar-refractivity contribution < 1.29 is 4.39 Å². The van der Waals surface area contributed by atoms with E-state index in [9.17, 15) is 4.39 Å². The van der Waals surface area contributed by atoms with Gasteiger partial charge in [-0.2, -0.15) is 15.0 Å². The molecule has 0 unspecified atom stereocenters. The molecule has 0 aliphatic heterocycles. The second-order valence-corrected chi connectivity index (χ2v) is 8.94. The van der Waals surface area contributed by atoms with Crippen molar-refractivity contribution in [3.05, 3.63) is 89.8 Å². The molecule has 5 aromatic rings. The Morgan fingerprint density at radius 3 is 2.44 bits per heavy atom. The van der Waals surface area contributed by atoms with Gasteiger partial charge in [-0.1, -0.05) is 17.8 Å². The molecule has 2 aromatic carbocycles. The van der Waals surface area contributed by atoms with Crippen molar-refractivity contribution in [3.63, 3.8) is 0 Å². The Morgan fingerprint density at radius 2 is 1.69 bits per heavy atom. The van der Waals surface area contributed by atoms with Crippen LogP contribution in [0.3, 0.4) is 0 Å². The van der Waals surface area contributed by atoms with Gasteiger partial charge in [0.15, 0.2) is 11.0 Å². The van der Waals surface area contributed by atoms with Crippen molar-refractivity contribution >= 4 is 29.3 Å². The largest absolute Gasteiger partial charge is 0.368 e. The quantitative estimate of drug-likeness (QED) is 0.302. The van der Waals surface area contributed by atoms with E-state index in [1.54, 1.807) is 24.5 Å². The molecule has 5 rings (SSSR count). The number of nitrogens with two attached hydrogens (primary N) is 1. The summed E-state index contributed by atoms with van der Waals surface area (Å²) in [6.45, 7) is 4.15. The molecule has 0 radical (unpaired) electrons. The number of nitrogen functional groups attached to an aromatic ring is 1. The lowest BCUT2D eigenvalue weighted by Gasteiger charge is -2.12. The average Bonchev–Trinajstić information content (AvgIpc) is 3.30. The number of pyridine rings is 1. The molecule has 36 heavy (non-hydrogen) atoms. The maximum atomic E-state index is 13.2. The Kier molecular flexibility index (Phi) is 6.54. The molecule has 0 fully saturated rings. The van der Waals surface area contributed by atoms with E-state index in [0.717, 1.165) is 11.3 Å². The van der Waals surface area contributed by atoms with Gasteiger partial charge in [0.05, 0.1) is 11.4 Å². The molecule has 3 aromatic heterocycles. The second kappa shape index (κ2) is 10.1. The molecule has 0 aliphatic carbocycles. The van der Waals surface area contributed by atoms with Gasteiger partial charge >= 0.3 is 0 Å². The lowest BCUT2D eigenvalue weighted by Crippen LogP contribution is -2.07. The number of hydrogen-bond acceptors (Lipinski definition) is 9. The van der Waals surface area contributed by atoms with Crippen molar-refractivity contribution in [3.8, 4) is 17.1 Å². The maximum Gasteiger partial charge on any atom is 0.232 e. The van der Waals surface area contributed by atoms with Gasteiger partial charge in [-0.25, -0.2) is 4.39 Å². The van der Waals surface area contributed by atoms with E-state index >= 15 is 0 Å². The van der Waals surface area contributed by atoms with E-state index in [1.807, 2.05) is 22.8 Å². The van der Waals surface area contributed by atoms with Crippen molar-refractivity contribution in [2.24, 2.45) is 0 Å². The number of nitrogens with one attached hydrogen (secondary N) is 1. The summed E-state index contributed by atoms with van der Waals surface area (Å²) in [5, 5.41) is 12.6. The molecule has 3 N–H and O–H groups in total. The number of halogens is 1. The minimum atomic E-state index is -0.327. The third-order valence-corrected chi connectivity index (χ3v) is 6.38. The molecule has 0 atom stereocenters. The Labute approximate surface area is 211 Å². The van der Waals surface area contributed by atoms with Crippen LogP contribution in [0.15, 0.2) is 72.1 Å². The molecule has 0 aliphatic rings. The molecule has 11 heteroatoms. The first-order chi connectivity index (χ1) is 17.5. The second-order valence-electron chi connectivity index (χ2n) is 8.00. The smallest absolute Gasteiger partial charge is 0.232 e. The van der Waals surface area contributed by atoms with Gasteiger partial charge in [-0.15, -0.1) is 10.2 Å². The molecular formula is C25H22FN9S. The number of aromatic nitrogens is 7. The van der Waals surface area contributed by atoms with Gasteiger partial charge < -0.3 is 11.1 Å². The lowest BCUT2D eigenvalue weighted by atomic mass is 10.1. The van der Waals surface area contributed by atoms with Crippen LogP contribution in [0.5, 0.6) is 0 Å². The highest BCUT2D eigenvalue weighted by Gasteiger charge is 2.18. The predicted octanol–water partition coefficient (Wildman–Crippen LogP) is 4.89. The molecule has 0 amide bonds. The van der Waals surface area contributed by atoms with Gasteiger partial charge in [-0.05, 0) is 73.5 Å². The molecule has 0 spiro atoms. The van der Waals surface area contributed by atoms with Crippen molar-refractivity contribution in [2.75, 3.05) is 11.1 Å². The first kappa shape index (κ1) is 23.4. The predicted molar refractivity (Wildman–Crippen MR) is 138 cm³/mol. The molecule has 0 saturated carbocycles. The summed E-state index contributed by atoms with van der Waals surface area (Å²) in [5.41, 5.74) is 10.8. The Morgan fingerprint density at radius 1 is 0.917 bits per heavy atom. The van der Waals surface area contributed by atoms with Crippen LogP contribution in [0.25, 0.3) is 17.1 Å². The summed E-state index contributed by atoms with van der Waals surface area (Å²) < 4.78 is 15.2. The summed E-state index contributed by atoms with van der Waals surface area (Å²) >= 11 is 1.43. The van der Waals surface area contributed by atoms with Crippen LogP contribution in [0.4, 0.5) is 22.0 Å². The zero-order chi connectivity index (χ0) is 25.1. The number of rotatable bonds is 7. The molecule has 0 saturated heterocycles. The standard InChI is InChI=1S/C25H22FN9S/c1-15-3-8-20(13-16(15)2)35-22(17-9-11-28-12-10-17)33-34-25(35)36-14-21-30-23(27)32-24(31-21)29-19-6-4-18(26)5-7-19/h3-13H,14H2,1-2H3,(H3,27,29,30,31,32). The van der Waals surface area contributed by atoms with Crippen LogP contribution < -0.4 is 11.1 Å². The van der Waals surface area contributed by atoms with Crippen LogP contribution in [-0.2, 0) is 5.75 Å². The zero-order valence-corrected chi connectivity index (χ0v) is 20.4. The monoisotopic (exact) mass is 499 g/mol. The fourth-order valence-corrected chi connectivity index (χ4v) is 4.31. The molecule has 0 bridgehead atoms. The number of aryl methyl sites for hydroxylation is 2. The minimum absolute atomic E-state index is 0.0818. The highest BCUT2D eigenvalue weighted by molar-refractivity contribution is 7.98. The first-order valence-electron chi connectivity index (χ1n) is 11.1. The SMILES string of the molecule is Cc1ccc(-n2c(SCc3nc(N)nc(Nc4ccc(F)cc4)n3)nnc2-c2ccncc2)cc1C. The molecular weight excluding hydrogens is 477 g/mol. The van der Waals surface area contributed by atoms with E-state index < -0.39 is 0 Å². The third-order valence-electron chi connectivity index (χ3n) is 5.45. The fourth-order valence-electron chi connectivity index (χ4n) is 3.50. The van der Waals surface area contributed by atoms with Crippen molar-refractivity contribution in [1.29, 1.82) is 0 Å². The highest BCUT2D eigenvalue weighted by Crippen LogP contribution is 2.30. The summed E-state index contributed by atoms with van der Waals surface area (Å²) in [5.74, 6) is 1.58. The minimum Gasteiger partial charge on any atom is -0.368 e. The molecule has 3 heterocycles. The number of thioether (sulfide) groups is 1. The lowest BCUT2D eigenvalue weighted by molar-refractivity contribution is 0.628. The number of anilines is 3. The molecule has 9 nitrogen and oxygen atoms in total.